The van der Waals surface area contributed by atoms with E-state index in [4.69, 9.17) is 0 Å². The number of rotatable bonds is 2. The third-order valence-corrected chi connectivity index (χ3v) is 5.28. The molecule has 2 amide bonds. The van der Waals surface area contributed by atoms with Crippen molar-refractivity contribution in [3.63, 3.8) is 0 Å². The Morgan fingerprint density at radius 1 is 1.29 bits per heavy atom. The van der Waals surface area contributed by atoms with E-state index in [1.807, 2.05) is 51.3 Å². The van der Waals surface area contributed by atoms with Crippen LogP contribution in [0.3, 0.4) is 0 Å². The van der Waals surface area contributed by atoms with Crippen LogP contribution in [-0.2, 0) is 0 Å². The molecule has 0 radical (unpaired) electrons. The van der Waals surface area contributed by atoms with Gasteiger partial charge >= 0.3 is 6.03 Å². The summed E-state index contributed by atoms with van der Waals surface area (Å²) < 4.78 is 0. The molecule has 116 valence electrons. The molecule has 0 unspecified atom stereocenters. The summed E-state index contributed by atoms with van der Waals surface area (Å²) in [6, 6.07) is 7.70. The molecule has 5 heteroatoms. The van der Waals surface area contributed by atoms with Gasteiger partial charge in [0.25, 0.3) is 0 Å². The summed E-state index contributed by atoms with van der Waals surface area (Å²) in [6.07, 6.45) is 2.62. The highest BCUT2D eigenvalue weighted by atomic mass is 32.2. The number of likely N-dealkylation sites (tertiary alicyclic amines) is 1. The first-order valence-electron chi connectivity index (χ1n) is 7.17. The Morgan fingerprint density at radius 3 is 2.43 bits per heavy atom. The number of nitrogens with one attached hydrogen (secondary N) is 1. The van der Waals surface area contributed by atoms with Crippen LogP contribution in [0.1, 0.15) is 27.2 Å². The Kier molecular flexibility index (Phi) is 4.54. The average molecular weight is 308 g/mol. The highest BCUT2D eigenvalue weighted by Gasteiger charge is 2.45. The number of carbonyl (C=O) groups excluding carboxylic acids is 1. The molecule has 1 fully saturated rings. The number of nitrogens with zero attached hydrogens (tertiary/aromatic N) is 1. The maximum absolute atomic E-state index is 12.3. The molecule has 2 rings (SSSR count). The van der Waals surface area contributed by atoms with Gasteiger partial charge in [-0.15, -0.1) is 11.8 Å². The molecule has 21 heavy (non-hydrogen) atoms. The van der Waals surface area contributed by atoms with Crippen molar-refractivity contribution >= 4 is 23.5 Å². The van der Waals surface area contributed by atoms with Crippen LogP contribution < -0.4 is 5.32 Å². The van der Waals surface area contributed by atoms with E-state index in [0.717, 1.165) is 5.69 Å². The largest absolute Gasteiger partial charge is 0.389 e. The molecule has 1 aromatic carbocycles. The third kappa shape index (κ3) is 3.52. The lowest BCUT2D eigenvalue weighted by Gasteiger charge is -2.48. The van der Waals surface area contributed by atoms with Crippen molar-refractivity contribution in [3.05, 3.63) is 24.3 Å². The number of hydrogen-bond donors (Lipinski definition) is 2. The second kappa shape index (κ2) is 5.89. The number of carbonyl (C=O) groups is 1. The van der Waals surface area contributed by atoms with Crippen LogP contribution in [0.4, 0.5) is 10.5 Å². The van der Waals surface area contributed by atoms with Crippen molar-refractivity contribution < 1.29 is 9.90 Å². The summed E-state index contributed by atoms with van der Waals surface area (Å²) in [4.78, 5) is 15.3. The molecule has 2 N–H and O–H groups in total. The first kappa shape index (κ1) is 16.2. The van der Waals surface area contributed by atoms with Crippen LogP contribution in [0.15, 0.2) is 29.2 Å². The van der Waals surface area contributed by atoms with Crippen LogP contribution in [-0.4, -0.2) is 41.0 Å². The van der Waals surface area contributed by atoms with E-state index in [0.29, 0.717) is 19.5 Å². The minimum absolute atomic E-state index is 0.101. The smallest absolute Gasteiger partial charge is 0.321 e. The van der Waals surface area contributed by atoms with Gasteiger partial charge in [0.15, 0.2) is 0 Å². The van der Waals surface area contributed by atoms with E-state index in [9.17, 15) is 9.90 Å². The molecule has 0 aliphatic carbocycles. The molecule has 1 aliphatic rings. The van der Waals surface area contributed by atoms with Crippen molar-refractivity contribution in [1.82, 2.24) is 4.90 Å². The Morgan fingerprint density at radius 2 is 1.90 bits per heavy atom. The maximum atomic E-state index is 12.3. The molecule has 1 aliphatic heterocycles. The Balaban J connectivity index is 2.00. The fraction of sp³-hybridized carbons (Fsp3) is 0.562. The van der Waals surface area contributed by atoms with E-state index < -0.39 is 5.60 Å². The predicted octanol–water partition coefficient (Wildman–Crippen LogP) is 3.42. The van der Waals surface area contributed by atoms with Crippen molar-refractivity contribution in [3.8, 4) is 0 Å². The zero-order valence-corrected chi connectivity index (χ0v) is 14.0. The maximum Gasteiger partial charge on any atom is 0.321 e. The Hall–Kier alpha value is -1.20. The molecular formula is C16H24N2O2S. The van der Waals surface area contributed by atoms with Crippen LogP contribution in [0, 0.1) is 5.41 Å². The monoisotopic (exact) mass is 308 g/mol. The summed E-state index contributed by atoms with van der Waals surface area (Å²) >= 11 is 1.67. The Labute approximate surface area is 130 Å². The quantitative estimate of drug-likeness (QED) is 0.823. The van der Waals surface area contributed by atoms with Crippen molar-refractivity contribution in [1.29, 1.82) is 0 Å². The summed E-state index contributed by atoms with van der Waals surface area (Å²) in [5, 5.41) is 13.3. The molecule has 0 spiro atoms. The molecule has 4 nitrogen and oxygen atoms in total. The van der Waals surface area contributed by atoms with E-state index in [2.05, 4.69) is 5.32 Å². The molecule has 0 saturated carbocycles. The van der Waals surface area contributed by atoms with Crippen molar-refractivity contribution in [2.45, 2.75) is 37.7 Å². The van der Waals surface area contributed by atoms with E-state index in [-0.39, 0.29) is 11.4 Å². The van der Waals surface area contributed by atoms with Gasteiger partial charge in [0.05, 0.1) is 5.60 Å². The van der Waals surface area contributed by atoms with Crippen molar-refractivity contribution in [2.75, 3.05) is 24.7 Å². The number of hydrogen-bond acceptors (Lipinski definition) is 3. The zero-order valence-electron chi connectivity index (χ0n) is 13.1. The van der Waals surface area contributed by atoms with Crippen molar-refractivity contribution in [2.24, 2.45) is 5.41 Å². The topological polar surface area (TPSA) is 52.6 Å². The SMILES string of the molecule is CSc1ccc(NC(=O)N2CC[C@](C)(O)C(C)(C)C2)cc1. The molecular weight excluding hydrogens is 284 g/mol. The highest BCUT2D eigenvalue weighted by molar-refractivity contribution is 7.98. The number of amides is 2. The first-order valence-corrected chi connectivity index (χ1v) is 8.40. The summed E-state index contributed by atoms with van der Waals surface area (Å²) in [7, 11) is 0. The molecule has 1 atom stereocenters. The lowest BCUT2D eigenvalue weighted by molar-refractivity contribution is -0.0946. The number of benzene rings is 1. The lowest BCUT2D eigenvalue weighted by atomic mass is 9.71. The first-order chi connectivity index (χ1) is 9.75. The Bertz CT molecular complexity index is 512. The van der Waals surface area contributed by atoms with Crippen LogP contribution in [0.25, 0.3) is 0 Å². The van der Waals surface area contributed by atoms with E-state index >= 15 is 0 Å². The minimum Gasteiger partial charge on any atom is -0.389 e. The molecule has 1 aromatic rings. The lowest BCUT2D eigenvalue weighted by Crippen LogP contribution is -2.57. The highest BCUT2D eigenvalue weighted by Crippen LogP contribution is 2.38. The molecule has 1 heterocycles. The van der Waals surface area contributed by atoms with Crippen LogP contribution in [0.5, 0.6) is 0 Å². The van der Waals surface area contributed by atoms with E-state index in [1.165, 1.54) is 4.90 Å². The second-order valence-electron chi connectivity index (χ2n) is 6.49. The van der Waals surface area contributed by atoms with Gasteiger partial charge in [0, 0.05) is 29.1 Å². The minimum atomic E-state index is -0.732. The normalized spacial score (nSPS) is 24.7. The third-order valence-electron chi connectivity index (χ3n) is 4.54. The van der Waals surface area contributed by atoms with Gasteiger partial charge in [-0.2, -0.15) is 0 Å². The van der Waals surface area contributed by atoms with Gasteiger partial charge in [0.2, 0.25) is 0 Å². The van der Waals surface area contributed by atoms with Gasteiger partial charge in [-0.25, -0.2) is 4.79 Å². The average Bonchev–Trinajstić information content (AvgIpc) is 2.42. The number of piperidine rings is 1. The van der Waals surface area contributed by atoms with Crippen LogP contribution in [0.2, 0.25) is 0 Å². The summed E-state index contributed by atoms with van der Waals surface area (Å²) in [5.74, 6) is 0. The van der Waals surface area contributed by atoms with Gasteiger partial charge in [-0.3, -0.25) is 0 Å². The van der Waals surface area contributed by atoms with Crippen LogP contribution >= 0.6 is 11.8 Å². The fourth-order valence-electron chi connectivity index (χ4n) is 2.47. The number of thioether (sulfide) groups is 1. The van der Waals surface area contributed by atoms with Gasteiger partial charge in [-0.05, 0) is 43.9 Å². The fourth-order valence-corrected chi connectivity index (χ4v) is 2.88. The van der Waals surface area contributed by atoms with Gasteiger partial charge in [-0.1, -0.05) is 13.8 Å². The van der Waals surface area contributed by atoms with E-state index in [1.54, 1.807) is 16.7 Å². The predicted molar refractivity (Wildman–Crippen MR) is 87.8 cm³/mol. The summed E-state index contributed by atoms with van der Waals surface area (Å²) in [5.41, 5.74) is -0.248. The number of aliphatic hydroxyl groups is 1. The number of urea groups is 1. The molecule has 1 saturated heterocycles. The van der Waals surface area contributed by atoms with Gasteiger partial charge < -0.3 is 15.3 Å². The van der Waals surface area contributed by atoms with Gasteiger partial charge in [0.1, 0.15) is 0 Å². The standard InChI is InChI=1S/C16H24N2O2S/c1-15(2)11-18(10-9-16(15,3)20)14(19)17-12-5-7-13(21-4)8-6-12/h5-8,20H,9-11H2,1-4H3,(H,17,19)/t16-/m0/s1. The molecule has 0 aromatic heterocycles. The second-order valence-corrected chi connectivity index (χ2v) is 7.37. The number of anilines is 1. The zero-order chi connectivity index (χ0) is 15.7. The summed E-state index contributed by atoms with van der Waals surface area (Å²) in [6.45, 7) is 6.97. The molecule has 0 bridgehead atoms.